The van der Waals surface area contributed by atoms with Gasteiger partial charge in [-0.15, -0.1) is 5.10 Å². The minimum absolute atomic E-state index is 0.748. The summed E-state index contributed by atoms with van der Waals surface area (Å²) in [6.45, 7) is 4.66. The van der Waals surface area contributed by atoms with Crippen molar-refractivity contribution in [3.8, 4) is 0 Å². The summed E-state index contributed by atoms with van der Waals surface area (Å²) in [5.41, 5.74) is 0. The van der Waals surface area contributed by atoms with Gasteiger partial charge in [-0.25, -0.2) is 0 Å². The average molecular weight is 244 g/mol. The highest BCUT2D eigenvalue weighted by molar-refractivity contribution is 7.73. The van der Waals surface area contributed by atoms with Crippen LogP contribution in [-0.4, -0.2) is 48.3 Å². The van der Waals surface area contributed by atoms with E-state index in [2.05, 4.69) is 27.0 Å². The van der Waals surface area contributed by atoms with Crippen molar-refractivity contribution in [3.05, 3.63) is 3.95 Å². The minimum atomic E-state index is 0.748. The van der Waals surface area contributed by atoms with E-state index < -0.39 is 0 Å². The molecule has 15 heavy (non-hydrogen) atoms. The van der Waals surface area contributed by atoms with Crippen LogP contribution < -0.4 is 4.90 Å². The summed E-state index contributed by atoms with van der Waals surface area (Å²) in [6, 6.07) is 0. The molecule has 0 amide bonds. The van der Waals surface area contributed by atoms with Crippen molar-refractivity contribution in [2.75, 3.05) is 38.1 Å². The van der Waals surface area contributed by atoms with Crippen LogP contribution in [0.1, 0.15) is 12.8 Å². The van der Waals surface area contributed by atoms with E-state index in [0.29, 0.717) is 0 Å². The van der Waals surface area contributed by atoms with Gasteiger partial charge >= 0.3 is 0 Å². The lowest BCUT2D eigenvalue weighted by Gasteiger charge is -2.20. The molecule has 0 aliphatic carbocycles. The molecule has 2 heterocycles. The Morgan fingerprint density at radius 2 is 2.27 bits per heavy atom. The predicted octanol–water partition coefficient (Wildman–Crippen LogP) is 1.73. The summed E-state index contributed by atoms with van der Waals surface area (Å²) >= 11 is 6.54. The molecule has 0 spiro atoms. The van der Waals surface area contributed by atoms with Gasteiger partial charge in [-0.05, 0) is 38.1 Å². The molecule has 1 saturated heterocycles. The molecule has 0 unspecified atom stereocenters. The van der Waals surface area contributed by atoms with E-state index in [4.69, 9.17) is 12.2 Å². The first kappa shape index (κ1) is 11.0. The van der Waals surface area contributed by atoms with Crippen LogP contribution in [-0.2, 0) is 0 Å². The molecule has 0 aromatic carbocycles. The number of likely N-dealkylation sites (N-methyl/N-ethyl adjacent to an activating group) is 1. The van der Waals surface area contributed by atoms with Gasteiger partial charge in [-0.3, -0.25) is 5.10 Å². The predicted molar refractivity (Wildman–Crippen MR) is 66.2 cm³/mol. The second-order valence-corrected chi connectivity index (χ2v) is 5.51. The van der Waals surface area contributed by atoms with Crippen LogP contribution in [0.5, 0.6) is 0 Å². The third-order valence-electron chi connectivity index (χ3n) is 2.70. The molecule has 2 rings (SSSR count). The van der Waals surface area contributed by atoms with Gasteiger partial charge in [0.1, 0.15) is 0 Å². The van der Waals surface area contributed by atoms with Gasteiger partial charge in [-0.2, -0.15) is 0 Å². The first-order valence-electron chi connectivity index (χ1n) is 5.25. The van der Waals surface area contributed by atoms with Crippen molar-refractivity contribution in [1.82, 2.24) is 15.1 Å². The zero-order chi connectivity index (χ0) is 10.7. The maximum Gasteiger partial charge on any atom is 0.206 e. The lowest BCUT2D eigenvalue weighted by Crippen LogP contribution is -2.31. The lowest BCUT2D eigenvalue weighted by atomic mass is 10.4. The highest BCUT2D eigenvalue weighted by Crippen LogP contribution is 2.15. The third-order valence-corrected chi connectivity index (χ3v) is 3.91. The molecule has 1 N–H and O–H groups in total. The Hall–Kier alpha value is -0.460. The SMILES string of the molecule is CN(CCN1CCCC1)c1n[nH]c(=S)s1. The second kappa shape index (κ2) is 5.05. The molecule has 84 valence electrons. The zero-order valence-corrected chi connectivity index (χ0v) is 10.5. The molecule has 0 atom stereocenters. The highest BCUT2D eigenvalue weighted by Gasteiger charge is 2.12. The van der Waals surface area contributed by atoms with Crippen LogP contribution in [0, 0.1) is 3.95 Å². The fraction of sp³-hybridized carbons (Fsp3) is 0.778. The van der Waals surface area contributed by atoms with Crippen LogP contribution in [0.15, 0.2) is 0 Å². The summed E-state index contributed by atoms with van der Waals surface area (Å²) in [5.74, 6) is 0. The van der Waals surface area contributed by atoms with Gasteiger partial charge in [0.05, 0.1) is 0 Å². The average Bonchev–Trinajstić information content (AvgIpc) is 2.84. The Kier molecular flexibility index (Phi) is 3.71. The van der Waals surface area contributed by atoms with Crippen LogP contribution in [0.2, 0.25) is 0 Å². The number of anilines is 1. The van der Waals surface area contributed by atoms with Crippen molar-refractivity contribution in [1.29, 1.82) is 0 Å². The first-order chi connectivity index (χ1) is 7.25. The number of rotatable bonds is 4. The summed E-state index contributed by atoms with van der Waals surface area (Å²) in [6.07, 6.45) is 2.70. The third kappa shape index (κ3) is 2.99. The topological polar surface area (TPSA) is 35.2 Å². The minimum Gasteiger partial charge on any atom is -0.348 e. The van der Waals surface area contributed by atoms with E-state index in [-0.39, 0.29) is 0 Å². The van der Waals surface area contributed by atoms with Crippen LogP contribution >= 0.6 is 23.6 Å². The number of aromatic nitrogens is 2. The Bertz CT molecular complexity index is 353. The van der Waals surface area contributed by atoms with Crippen molar-refractivity contribution < 1.29 is 0 Å². The van der Waals surface area contributed by atoms with Crippen molar-refractivity contribution >= 4 is 28.7 Å². The molecule has 1 fully saturated rings. The molecule has 0 saturated carbocycles. The molecule has 1 aromatic rings. The van der Waals surface area contributed by atoms with Gasteiger partial charge in [0.25, 0.3) is 0 Å². The summed E-state index contributed by atoms with van der Waals surface area (Å²) in [5, 5.41) is 7.95. The van der Waals surface area contributed by atoms with Crippen molar-refractivity contribution in [2.45, 2.75) is 12.8 Å². The highest BCUT2D eigenvalue weighted by atomic mass is 32.1. The molecule has 1 aliphatic rings. The fourth-order valence-corrected chi connectivity index (χ4v) is 2.64. The Morgan fingerprint density at radius 3 is 2.87 bits per heavy atom. The van der Waals surface area contributed by atoms with Crippen LogP contribution in [0.3, 0.4) is 0 Å². The summed E-state index contributed by atoms with van der Waals surface area (Å²) < 4.78 is 0.748. The summed E-state index contributed by atoms with van der Waals surface area (Å²) in [7, 11) is 2.07. The largest absolute Gasteiger partial charge is 0.348 e. The Morgan fingerprint density at radius 1 is 1.53 bits per heavy atom. The molecular formula is C9H16N4S2. The smallest absolute Gasteiger partial charge is 0.206 e. The van der Waals surface area contributed by atoms with Gasteiger partial charge < -0.3 is 9.80 Å². The molecular weight excluding hydrogens is 228 g/mol. The monoisotopic (exact) mass is 244 g/mol. The zero-order valence-electron chi connectivity index (χ0n) is 8.90. The lowest BCUT2D eigenvalue weighted by molar-refractivity contribution is 0.346. The summed E-state index contributed by atoms with van der Waals surface area (Å²) in [4.78, 5) is 4.66. The molecule has 6 heteroatoms. The Labute approximate surface area is 98.9 Å². The fourth-order valence-electron chi connectivity index (χ4n) is 1.78. The molecule has 4 nitrogen and oxygen atoms in total. The van der Waals surface area contributed by atoms with Crippen LogP contribution in [0.25, 0.3) is 0 Å². The second-order valence-electron chi connectivity index (χ2n) is 3.87. The van der Waals surface area contributed by atoms with E-state index in [0.717, 1.165) is 22.2 Å². The number of nitrogens with one attached hydrogen (secondary N) is 1. The number of likely N-dealkylation sites (tertiary alicyclic amines) is 1. The standard InChI is InChI=1S/C9H16N4S2/c1-12(8-10-11-9(14)15-8)6-7-13-4-2-3-5-13/h2-7H2,1H3,(H,11,14). The molecule has 1 aliphatic heterocycles. The number of hydrogen-bond donors (Lipinski definition) is 1. The first-order valence-corrected chi connectivity index (χ1v) is 6.47. The van der Waals surface area contributed by atoms with E-state index in [1.54, 1.807) is 0 Å². The van der Waals surface area contributed by atoms with Crippen molar-refractivity contribution in [3.63, 3.8) is 0 Å². The molecule has 0 radical (unpaired) electrons. The van der Waals surface area contributed by atoms with Crippen molar-refractivity contribution in [2.24, 2.45) is 0 Å². The molecule has 1 aromatic heterocycles. The van der Waals surface area contributed by atoms with Crippen LogP contribution in [0.4, 0.5) is 5.13 Å². The number of nitrogens with zero attached hydrogens (tertiary/aromatic N) is 3. The quantitative estimate of drug-likeness (QED) is 0.818. The van der Waals surface area contributed by atoms with E-state index >= 15 is 0 Å². The number of H-pyrrole nitrogens is 1. The maximum absolute atomic E-state index is 5.01. The number of hydrogen-bond acceptors (Lipinski definition) is 5. The van der Waals surface area contributed by atoms with E-state index in [1.165, 1.54) is 37.3 Å². The maximum atomic E-state index is 5.01. The van der Waals surface area contributed by atoms with Gasteiger partial charge in [0.15, 0.2) is 3.95 Å². The Balaban J connectivity index is 1.81. The van der Waals surface area contributed by atoms with Gasteiger partial charge in [-0.1, -0.05) is 11.3 Å². The van der Waals surface area contributed by atoms with E-state index in [1.807, 2.05) is 0 Å². The molecule has 0 bridgehead atoms. The van der Waals surface area contributed by atoms with Gasteiger partial charge in [0, 0.05) is 20.1 Å². The van der Waals surface area contributed by atoms with E-state index in [9.17, 15) is 0 Å². The van der Waals surface area contributed by atoms with Gasteiger partial charge in [0.2, 0.25) is 5.13 Å². The number of aromatic amines is 1. The normalized spacial score (nSPS) is 17.1.